The Labute approximate surface area is 116 Å². The molecule has 5 heteroatoms. The van der Waals surface area contributed by atoms with Crippen molar-refractivity contribution in [1.29, 1.82) is 0 Å². The third-order valence-corrected chi connectivity index (χ3v) is 3.66. The summed E-state index contributed by atoms with van der Waals surface area (Å²) in [7, 11) is 0. The van der Waals surface area contributed by atoms with Crippen LogP contribution in [0, 0.1) is 0 Å². The third kappa shape index (κ3) is 3.81. The van der Waals surface area contributed by atoms with Crippen molar-refractivity contribution in [2.75, 3.05) is 6.54 Å². The smallest absolute Gasteiger partial charge is 0.147 e. The maximum Gasteiger partial charge on any atom is 0.147 e. The molecule has 2 aromatic rings. The predicted octanol–water partition coefficient (Wildman–Crippen LogP) is 2.37. The van der Waals surface area contributed by atoms with Gasteiger partial charge in [0.1, 0.15) is 5.84 Å². The molecule has 0 bridgehead atoms. The second-order valence-electron chi connectivity index (χ2n) is 4.25. The van der Waals surface area contributed by atoms with Crippen molar-refractivity contribution in [3.8, 4) is 0 Å². The fraction of sp³-hybridized carbons (Fsp3) is 0.214. The van der Waals surface area contributed by atoms with Crippen LogP contribution in [-0.4, -0.2) is 17.6 Å². The van der Waals surface area contributed by atoms with Crippen molar-refractivity contribution in [3.05, 3.63) is 58.3 Å². The van der Waals surface area contributed by atoms with Gasteiger partial charge < -0.3 is 16.3 Å². The first-order chi connectivity index (χ1) is 9.31. The van der Waals surface area contributed by atoms with E-state index < -0.39 is 0 Å². The molecule has 0 radical (unpaired) electrons. The van der Waals surface area contributed by atoms with E-state index in [0.717, 1.165) is 12.1 Å². The van der Waals surface area contributed by atoms with E-state index in [1.54, 1.807) is 11.3 Å². The van der Waals surface area contributed by atoms with Crippen LogP contribution in [0.4, 0.5) is 0 Å². The fourth-order valence-electron chi connectivity index (χ4n) is 1.90. The Bertz CT molecular complexity index is 511. The molecule has 1 atom stereocenters. The molecule has 0 fully saturated rings. The average molecular weight is 275 g/mol. The van der Waals surface area contributed by atoms with E-state index >= 15 is 0 Å². The standard InChI is InChI=1S/C14H17N3OS/c15-14(17-18)13(12-4-2-1-3-5-12)9-16-8-11-6-7-19-10-11/h1-7,10,13,16,18H,8-9H2,(H2,15,17). The molecular weight excluding hydrogens is 258 g/mol. The first-order valence-electron chi connectivity index (χ1n) is 6.05. The van der Waals surface area contributed by atoms with E-state index in [1.165, 1.54) is 5.56 Å². The summed E-state index contributed by atoms with van der Waals surface area (Å²) in [4.78, 5) is 0. The Kier molecular flexibility index (Phi) is 4.94. The van der Waals surface area contributed by atoms with Gasteiger partial charge in [-0.05, 0) is 28.0 Å². The summed E-state index contributed by atoms with van der Waals surface area (Å²) in [6.45, 7) is 1.42. The zero-order valence-corrected chi connectivity index (χ0v) is 11.3. The van der Waals surface area contributed by atoms with E-state index in [-0.39, 0.29) is 11.8 Å². The summed E-state index contributed by atoms with van der Waals surface area (Å²) >= 11 is 1.68. The molecule has 0 aliphatic heterocycles. The molecule has 0 aliphatic carbocycles. The minimum absolute atomic E-state index is 0.121. The SMILES string of the molecule is NC(=NO)C(CNCc1ccsc1)c1ccccc1. The van der Waals surface area contributed by atoms with E-state index in [2.05, 4.69) is 27.3 Å². The molecule has 100 valence electrons. The normalized spacial score (nSPS) is 13.4. The van der Waals surface area contributed by atoms with Crippen molar-refractivity contribution >= 4 is 17.2 Å². The predicted molar refractivity (Wildman–Crippen MR) is 78.6 cm³/mol. The van der Waals surface area contributed by atoms with Crippen LogP contribution in [0.2, 0.25) is 0 Å². The van der Waals surface area contributed by atoms with Gasteiger partial charge in [-0.25, -0.2) is 0 Å². The number of rotatable bonds is 6. The average Bonchev–Trinajstić information content (AvgIpc) is 2.97. The molecule has 19 heavy (non-hydrogen) atoms. The number of nitrogens with one attached hydrogen (secondary N) is 1. The van der Waals surface area contributed by atoms with Crippen molar-refractivity contribution in [1.82, 2.24) is 5.32 Å². The van der Waals surface area contributed by atoms with Crippen molar-refractivity contribution in [2.45, 2.75) is 12.5 Å². The van der Waals surface area contributed by atoms with Gasteiger partial charge in [0.05, 0.1) is 5.92 Å². The minimum atomic E-state index is -0.121. The molecule has 0 saturated heterocycles. The number of hydrogen-bond acceptors (Lipinski definition) is 4. The number of nitrogens with zero attached hydrogens (tertiary/aromatic N) is 1. The lowest BCUT2D eigenvalue weighted by Crippen LogP contribution is -2.31. The van der Waals surface area contributed by atoms with Crippen LogP contribution in [0.1, 0.15) is 17.0 Å². The summed E-state index contributed by atoms with van der Waals surface area (Å²) in [5, 5.41) is 19.5. The number of oxime groups is 1. The van der Waals surface area contributed by atoms with Crippen molar-refractivity contribution < 1.29 is 5.21 Å². The Morgan fingerprint density at radius 3 is 2.74 bits per heavy atom. The molecular formula is C14H17N3OS. The van der Waals surface area contributed by atoms with Gasteiger partial charge in [0.15, 0.2) is 0 Å². The summed E-state index contributed by atoms with van der Waals surface area (Å²) in [6.07, 6.45) is 0. The molecule has 4 nitrogen and oxygen atoms in total. The second kappa shape index (κ2) is 6.92. The second-order valence-corrected chi connectivity index (χ2v) is 5.03. The highest BCUT2D eigenvalue weighted by molar-refractivity contribution is 7.07. The number of amidine groups is 1. The lowest BCUT2D eigenvalue weighted by molar-refractivity contribution is 0.315. The Morgan fingerprint density at radius 2 is 2.11 bits per heavy atom. The number of hydrogen-bond donors (Lipinski definition) is 3. The van der Waals surface area contributed by atoms with E-state index in [0.29, 0.717) is 6.54 Å². The first kappa shape index (κ1) is 13.6. The Balaban J connectivity index is 1.99. The largest absolute Gasteiger partial charge is 0.409 e. The maximum atomic E-state index is 8.89. The van der Waals surface area contributed by atoms with Gasteiger partial charge in [0.2, 0.25) is 0 Å². The van der Waals surface area contributed by atoms with Crippen LogP contribution in [0.15, 0.2) is 52.3 Å². The molecule has 1 heterocycles. The van der Waals surface area contributed by atoms with Crippen LogP contribution < -0.4 is 11.1 Å². The van der Waals surface area contributed by atoms with Gasteiger partial charge >= 0.3 is 0 Å². The maximum absolute atomic E-state index is 8.89. The summed E-state index contributed by atoms with van der Waals surface area (Å²) in [5.74, 6) is 0.105. The molecule has 2 rings (SSSR count). The zero-order chi connectivity index (χ0) is 13.5. The van der Waals surface area contributed by atoms with E-state index in [4.69, 9.17) is 10.9 Å². The van der Waals surface area contributed by atoms with Gasteiger partial charge in [-0.3, -0.25) is 0 Å². The van der Waals surface area contributed by atoms with E-state index in [1.807, 2.05) is 30.3 Å². The first-order valence-corrected chi connectivity index (χ1v) is 6.99. The highest BCUT2D eigenvalue weighted by Crippen LogP contribution is 2.15. The molecule has 1 aromatic heterocycles. The lowest BCUT2D eigenvalue weighted by atomic mass is 9.98. The van der Waals surface area contributed by atoms with Gasteiger partial charge in [0, 0.05) is 13.1 Å². The summed E-state index contributed by atoms with van der Waals surface area (Å²) < 4.78 is 0. The van der Waals surface area contributed by atoms with Gasteiger partial charge in [-0.1, -0.05) is 35.5 Å². The lowest BCUT2D eigenvalue weighted by Gasteiger charge is -2.16. The molecule has 0 saturated carbocycles. The number of nitrogens with two attached hydrogens (primary N) is 1. The van der Waals surface area contributed by atoms with Crippen LogP contribution in [0.25, 0.3) is 0 Å². The zero-order valence-electron chi connectivity index (χ0n) is 10.5. The molecule has 0 aliphatic rings. The van der Waals surface area contributed by atoms with Crippen LogP contribution in [0.3, 0.4) is 0 Å². The van der Waals surface area contributed by atoms with Gasteiger partial charge in [0.25, 0.3) is 0 Å². The van der Waals surface area contributed by atoms with Crippen LogP contribution in [-0.2, 0) is 6.54 Å². The molecule has 0 spiro atoms. The quantitative estimate of drug-likeness (QED) is 0.328. The molecule has 1 aromatic carbocycles. The van der Waals surface area contributed by atoms with Gasteiger partial charge in [-0.15, -0.1) is 0 Å². The molecule has 4 N–H and O–H groups in total. The van der Waals surface area contributed by atoms with E-state index in [9.17, 15) is 0 Å². The highest BCUT2D eigenvalue weighted by Gasteiger charge is 2.15. The number of thiophene rings is 1. The van der Waals surface area contributed by atoms with Crippen LogP contribution in [0.5, 0.6) is 0 Å². The third-order valence-electron chi connectivity index (χ3n) is 2.93. The molecule has 1 unspecified atom stereocenters. The van der Waals surface area contributed by atoms with Crippen molar-refractivity contribution in [3.63, 3.8) is 0 Å². The molecule has 0 amide bonds. The number of benzene rings is 1. The fourth-order valence-corrected chi connectivity index (χ4v) is 2.57. The Morgan fingerprint density at radius 1 is 1.32 bits per heavy atom. The summed E-state index contributed by atoms with van der Waals surface area (Å²) in [6, 6.07) is 11.9. The Hall–Kier alpha value is -1.85. The van der Waals surface area contributed by atoms with Crippen molar-refractivity contribution in [2.24, 2.45) is 10.9 Å². The van der Waals surface area contributed by atoms with Crippen LogP contribution >= 0.6 is 11.3 Å². The summed E-state index contributed by atoms with van der Waals surface area (Å²) in [5.41, 5.74) is 8.05. The minimum Gasteiger partial charge on any atom is -0.409 e. The monoisotopic (exact) mass is 275 g/mol. The van der Waals surface area contributed by atoms with Gasteiger partial charge in [-0.2, -0.15) is 11.3 Å². The highest BCUT2D eigenvalue weighted by atomic mass is 32.1. The topological polar surface area (TPSA) is 70.6 Å².